The van der Waals surface area contributed by atoms with Crippen molar-refractivity contribution in [3.63, 3.8) is 0 Å². The molecule has 35 heavy (non-hydrogen) atoms. The minimum atomic E-state index is -1.07. The maximum absolute atomic E-state index is 13.0. The number of thiazole rings is 1. The van der Waals surface area contributed by atoms with E-state index in [-0.39, 0.29) is 23.3 Å². The zero-order chi connectivity index (χ0) is 25.5. The summed E-state index contributed by atoms with van der Waals surface area (Å²) in [6.45, 7) is 5.80. The van der Waals surface area contributed by atoms with Gasteiger partial charge >= 0.3 is 11.8 Å². The summed E-state index contributed by atoms with van der Waals surface area (Å²) in [5, 5.41) is 8.10. The number of amides is 4. The Labute approximate surface area is 212 Å². The first-order chi connectivity index (χ1) is 16.7. The Morgan fingerprint density at radius 2 is 1.94 bits per heavy atom. The van der Waals surface area contributed by atoms with Gasteiger partial charge in [0.15, 0.2) is 5.01 Å². The molecule has 3 N–H and O–H groups in total. The highest BCUT2D eigenvalue weighted by atomic mass is 35.5. The van der Waals surface area contributed by atoms with E-state index in [0.29, 0.717) is 18.1 Å². The lowest BCUT2D eigenvalue weighted by Gasteiger charge is -2.25. The van der Waals surface area contributed by atoms with E-state index in [9.17, 15) is 19.2 Å². The second kappa shape index (κ2) is 12.0. The third-order valence-electron chi connectivity index (χ3n) is 5.44. The first kappa shape index (κ1) is 26.5. The van der Waals surface area contributed by atoms with Gasteiger partial charge in [-0.2, -0.15) is 0 Å². The normalized spacial score (nSPS) is 13.9. The molecule has 0 spiro atoms. The van der Waals surface area contributed by atoms with Gasteiger partial charge in [0.25, 0.3) is 5.91 Å². The molecular formula is C22H28ClN7O4S. The standard InChI is InChI=1S/C22H28ClN7O4S/c1-4-30(5-2)22(34)15(11-25-18(31)19(32)28-17-7-6-13(23)10-24-17)26-20(33)21-27-14-8-9-29(3)12-16(14)35-21/h6-7,10,15H,4-5,8-9,11-12H2,1-3H3,(H,25,31)(H,26,33)(H,24,28,32). The summed E-state index contributed by atoms with van der Waals surface area (Å²) in [5.41, 5.74) is 0.894. The maximum Gasteiger partial charge on any atom is 0.314 e. The molecule has 0 fully saturated rings. The monoisotopic (exact) mass is 521 g/mol. The average Bonchev–Trinajstić information content (AvgIpc) is 3.26. The van der Waals surface area contributed by atoms with Crippen LogP contribution in [0.5, 0.6) is 0 Å². The Morgan fingerprint density at radius 1 is 1.20 bits per heavy atom. The van der Waals surface area contributed by atoms with E-state index in [2.05, 4.69) is 30.8 Å². The first-order valence-corrected chi connectivity index (χ1v) is 12.4. The number of rotatable bonds is 8. The Bertz CT molecular complexity index is 1090. The number of nitrogens with zero attached hydrogens (tertiary/aromatic N) is 4. The van der Waals surface area contributed by atoms with E-state index in [1.54, 1.807) is 0 Å². The van der Waals surface area contributed by atoms with Gasteiger partial charge in [0, 0.05) is 50.2 Å². The third-order valence-corrected chi connectivity index (χ3v) is 6.74. The van der Waals surface area contributed by atoms with Gasteiger partial charge in [0.1, 0.15) is 11.9 Å². The summed E-state index contributed by atoms with van der Waals surface area (Å²) in [7, 11) is 2.00. The van der Waals surface area contributed by atoms with Gasteiger partial charge in [-0.05, 0) is 33.0 Å². The highest BCUT2D eigenvalue weighted by molar-refractivity contribution is 7.13. The average molecular weight is 522 g/mol. The second-order valence-corrected chi connectivity index (χ2v) is 9.46. The number of likely N-dealkylation sites (N-methyl/N-ethyl adjacent to an activating group) is 2. The topological polar surface area (TPSA) is 137 Å². The Balaban J connectivity index is 1.67. The van der Waals surface area contributed by atoms with Gasteiger partial charge in [-0.25, -0.2) is 9.97 Å². The van der Waals surface area contributed by atoms with Crippen LogP contribution in [0.15, 0.2) is 18.3 Å². The smallest absolute Gasteiger partial charge is 0.314 e. The summed E-state index contributed by atoms with van der Waals surface area (Å²) in [4.78, 5) is 63.6. The van der Waals surface area contributed by atoms with Crippen molar-refractivity contribution in [2.45, 2.75) is 32.9 Å². The Morgan fingerprint density at radius 3 is 2.60 bits per heavy atom. The van der Waals surface area contributed by atoms with Crippen molar-refractivity contribution >= 4 is 52.4 Å². The van der Waals surface area contributed by atoms with Crippen LogP contribution in [0.4, 0.5) is 5.82 Å². The number of carbonyl (C=O) groups excluding carboxylic acids is 4. The van der Waals surface area contributed by atoms with Crippen LogP contribution in [-0.4, -0.2) is 82.7 Å². The molecule has 1 aliphatic rings. The second-order valence-electron chi connectivity index (χ2n) is 7.94. The molecule has 13 heteroatoms. The molecular weight excluding hydrogens is 494 g/mol. The van der Waals surface area contributed by atoms with Gasteiger partial charge in [-0.3, -0.25) is 19.2 Å². The molecule has 0 bridgehead atoms. The van der Waals surface area contributed by atoms with Crippen LogP contribution in [0.25, 0.3) is 0 Å². The van der Waals surface area contributed by atoms with E-state index < -0.39 is 23.8 Å². The van der Waals surface area contributed by atoms with Crippen LogP contribution in [0.1, 0.15) is 34.2 Å². The minimum absolute atomic E-state index is 0.150. The molecule has 1 unspecified atom stereocenters. The van der Waals surface area contributed by atoms with Gasteiger partial charge in [-0.15, -0.1) is 11.3 Å². The van der Waals surface area contributed by atoms with Gasteiger partial charge in [0.05, 0.1) is 10.7 Å². The largest absolute Gasteiger partial charge is 0.345 e. The predicted molar refractivity (Wildman–Crippen MR) is 132 cm³/mol. The Kier molecular flexibility index (Phi) is 9.13. The number of fused-ring (bicyclic) bond motifs is 1. The number of aromatic nitrogens is 2. The third kappa shape index (κ3) is 6.96. The van der Waals surface area contributed by atoms with Crippen LogP contribution >= 0.6 is 22.9 Å². The fourth-order valence-corrected chi connectivity index (χ4v) is 4.70. The molecule has 4 amide bonds. The molecule has 1 aliphatic heterocycles. The van der Waals surface area contributed by atoms with Crippen molar-refractivity contribution in [2.75, 3.05) is 38.5 Å². The fourth-order valence-electron chi connectivity index (χ4n) is 3.49. The summed E-state index contributed by atoms with van der Waals surface area (Å²) in [6.07, 6.45) is 2.09. The van der Waals surface area contributed by atoms with Crippen molar-refractivity contribution in [1.82, 2.24) is 30.4 Å². The Hall–Kier alpha value is -3.09. The molecule has 0 aliphatic carbocycles. The maximum atomic E-state index is 13.0. The summed E-state index contributed by atoms with van der Waals surface area (Å²) >= 11 is 7.06. The van der Waals surface area contributed by atoms with Gasteiger partial charge < -0.3 is 25.8 Å². The zero-order valence-electron chi connectivity index (χ0n) is 19.8. The number of pyridine rings is 1. The van der Waals surface area contributed by atoms with Crippen molar-refractivity contribution in [3.05, 3.63) is 38.9 Å². The lowest BCUT2D eigenvalue weighted by molar-refractivity contribution is -0.137. The highest BCUT2D eigenvalue weighted by Crippen LogP contribution is 2.24. The molecule has 0 saturated carbocycles. The number of hydrogen-bond acceptors (Lipinski definition) is 8. The van der Waals surface area contributed by atoms with Crippen LogP contribution < -0.4 is 16.0 Å². The predicted octanol–water partition coefficient (Wildman–Crippen LogP) is 0.901. The van der Waals surface area contributed by atoms with E-state index in [4.69, 9.17) is 11.6 Å². The molecule has 3 rings (SSSR count). The van der Waals surface area contributed by atoms with E-state index >= 15 is 0 Å². The highest BCUT2D eigenvalue weighted by Gasteiger charge is 2.29. The number of anilines is 1. The molecule has 0 saturated heterocycles. The molecule has 2 aromatic heterocycles. The number of carbonyl (C=O) groups is 4. The van der Waals surface area contributed by atoms with Crippen LogP contribution in [0.3, 0.4) is 0 Å². The molecule has 11 nitrogen and oxygen atoms in total. The van der Waals surface area contributed by atoms with Crippen molar-refractivity contribution in [2.24, 2.45) is 0 Å². The molecule has 0 aromatic carbocycles. The molecule has 3 heterocycles. The van der Waals surface area contributed by atoms with Crippen molar-refractivity contribution in [1.29, 1.82) is 0 Å². The van der Waals surface area contributed by atoms with Crippen molar-refractivity contribution < 1.29 is 19.2 Å². The molecule has 188 valence electrons. The summed E-state index contributed by atoms with van der Waals surface area (Å²) in [6, 6.07) is 1.90. The number of nitrogens with one attached hydrogen (secondary N) is 3. The van der Waals surface area contributed by atoms with Gasteiger partial charge in [0.2, 0.25) is 5.91 Å². The minimum Gasteiger partial charge on any atom is -0.345 e. The molecule has 1 atom stereocenters. The fraction of sp³-hybridized carbons (Fsp3) is 0.455. The quantitative estimate of drug-likeness (QED) is 0.439. The summed E-state index contributed by atoms with van der Waals surface area (Å²) in [5.74, 6) is -2.65. The zero-order valence-corrected chi connectivity index (χ0v) is 21.3. The van der Waals surface area contributed by atoms with Crippen LogP contribution in [-0.2, 0) is 27.3 Å². The SMILES string of the molecule is CCN(CC)C(=O)C(CNC(=O)C(=O)Nc1ccc(Cl)cn1)NC(=O)c1nc2c(s1)CN(C)CC2. The van der Waals surface area contributed by atoms with Crippen LogP contribution in [0, 0.1) is 0 Å². The van der Waals surface area contributed by atoms with E-state index in [0.717, 1.165) is 30.1 Å². The van der Waals surface area contributed by atoms with Gasteiger partial charge in [-0.1, -0.05) is 11.6 Å². The lowest BCUT2D eigenvalue weighted by atomic mass is 10.2. The lowest BCUT2D eigenvalue weighted by Crippen LogP contribution is -2.54. The first-order valence-electron chi connectivity index (χ1n) is 11.2. The number of halogens is 1. The van der Waals surface area contributed by atoms with E-state index in [1.165, 1.54) is 34.6 Å². The molecule has 0 radical (unpaired) electrons. The number of hydrogen-bond donors (Lipinski definition) is 3. The molecule has 2 aromatic rings. The van der Waals surface area contributed by atoms with E-state index in [1.807, 2.05) is 20.9 Å². The summed E-state index contributed by atoms with van der Waals surface area (Å²) < 4.78 is 0. The van der Waals surface area contributed by atoms with Crippen molar-refractivity contribution in [3.8, 4) is 0 Å². The van der Waals surface area contributed by atoms with Crippen LogP contribution in [0.2, 0.25) is 5.02 Å².